The van der Waals surface area contributed by atoms with E-state index in [0.29, 0.717) is 17.2 Å². The molecule has 0 aliphatic carbocycles. The van der Waals surface area contributed by atoms with Gasteiger partial charge in [-0.05, 0) is 24.1 Å². The number of H-pyrrole nitrogens is 1. The minimum absolute atomic E-state index is 0.230. The molecule has 8 nitrogen and oxygen atoms in total. The maximum Gasteiger partial charge on any atom is 0.416 e. The van der Waals surface area contributed by atoms with Crippen LogP contribution in [0.3, 0.4) is 0 Å². The molecule has 0 aliphatic heterocycles. The number of aromatic amines is 1. The number of hydrogen-bond acceptors (Lipinski definition) is 6. The lowest BCUT2D eigenvalue weighted by atomic mass is 9.96. The van der Waals surface area contributed by atoms with Crippen molar-refractivity contribution in [3.05, 3.63) is 44.1 Å². The standard InChI is InChI=1S/C15H20F3N3O5S/c1-4-5-12(26-2)8-6-9-11(7-10(8)15(16,17)18)19-14(23)21(13(9)22)20-27(3,24)25/h6-7,12,20,24-25H,4-5H2,1-3H3,(H,19,23). The lowest BCUT2D eigenvalue weighted by Gasteiger charge is -2.28. The topological polar surface area (TPSA) is 117 Å². The van der Waals surface area contributed by atoms with Crippen LogP contribution in [0.2, 0.25) is 0 Å². The van der Waals surface area contributed by atoms with Crippen molar-refractivity contribution in [3.63, 3.8) is 0 Å². The molecule has 0 amide bonds. The number of halogens is 3. The van der Waals surface area contributed by atoms with Gasteiger partial charge in [0, 0.05) is 13.4 Å². The van der Waals surface area contributed by atoms with Gasteiger partial charge in [0.05, 0.1) is 22.6 Å². The predicted octanol–water partition coefficient (Wildman–Crippen LogP) is 3.04. The van der Waals surface area contributed by atoms with Gasteiger partial charge >= 0.3 is 11.9 Å². The number of benzene rings is 1. The Morgan fingerprint density at radius 3 is 2.44 bits per heavy atom. The van der Waals surface area contributed by atoms with E-state index in [-0.39, 0.29) is 22.9 Å². The summed E-state index contributed by atoms with van der Waals surface area (Å²) in [5.74, 6) is 0. The zero-order chi connectivity index (χ0) is 20.6. The number of nitrogens with one attached hydrogen (secondary N) is 2. The van der Waals surface area contributed by atoms with Gasteiger partial charge in [0.2, 0.25) is 0 Å². The summed E-state index contributed by atoms with van der Waals surface area (Å²) < 4.78 is 64.9. The fourth-order valence-corrected chi connectivity index (χ4v) is 3.22. The summed E-state index contributed by atoms with van der Waals surface area (Å²) in [7, 11) is -2.21. The highest BCUT2D eigenvalue weighted by molar-refractivity contribution is 8.24. The van der Waals surface area contributed by atoms with Crippen LogP contribution in [0.4, 0.5) is 13.2 Å². The lowest BCUT2D eigenvalue weighted by molar-refractivity contribution is -0.139. The molecule has 1 unspecified atom stereocenters. The number of methoxy groups -OCH3 is 1. The second-order valence-electron chi connectivity index (χ2n) is 5.99. The van der Waals surface area contributed by atoms with Crippen LogP contribution in [0.1, 0.15) is 37.0 Å². The lowest BCUT2D eigenvalue weighted by Crippen LogP contribution is -2.42. The summed E-state index contributed by atoms with van der Waals surface area (Å²) in [6, 6.07) is 1.70. The van der Waals surface area contributed by atoms with Crippen LogP contribution in [0.25, 0.3) is 10.9 Å². The second kappa shape index (κ2) is 7.54. The molecule has 0 radical (unpaired) electrons. The number of aromatic nitrogens is 2. The second-order valence-corrected chi connectivity index (χ2v) is 7.84. The van der Waals surface area contributed by atoms with E-state index in [2.05, 4.69) is 4.98 Å². The largest absolute Gasteiger partial charge is 0.416 e. The van der Waals surface area contributed by atoms with Crippen molar-refractivity contribution >= 4 is 21.7 Å². The van der Waals surface area contributed by atoms with Gasteiger partial charge in [-0.3, -0.25) is 13.9 Å². The summed E-state index contributed by atoms with van der Waals surface area (Å²) >= 11 is 0. The Morgan fingerprint density at radius 1 is 1.33 bits per heavy atom. The van der Waals surface area contributed by atoms with Crippen molar-refractivity contribution in [2.24, 2.45) is 0 Å². The van der Waals surface area contributed by atoms with Crippen LogP contribution in [-0.2, 0) is 10.9 Å². The third-order valence-corrected chi connectivity index (χ3v) is 4.35. The van der Waals surface area contributed by atoms with Crippen molar-refractivity contribution in [1.82, 2.24) is 9.66 Å². The van der Waals surface area contributed by atoms with Crippen LogP contribution in [0.5, 0.6) is 0 Å². The SMILES string of the molecule is CCCC(OC)c1cc2c(=O)n(NS(C)(O)O)c(=O)[nH]c2cc1C(F)(F)F. The quantitative estimate of drug-likeness (QED) is 0.581. The number of fused-ring (bicyclic) bond motifs is 1. The highest BCUT2D eigenvalue weighted by atomic mass is 32.3. The molecular formula is C15H20F3N3O5S. The number of ether oxygens (including phenoxy) is 1. The molecule has 0 fully saturated rings. The van der Waals surface area contributed by atoms with Crippen molar-refractivity contribution < 1.29 is 27.0 Å². The van der Waals surface area contributed by atoms with Gasteiger partial charge in [0.1, 0.15) is 0 Å². The molecule has 1 atom stereocenters. The normalized spacial score (nSPS) is 14.4. The average Bonchev–Trinajstić information content (AvgIpc) is 2.54. The Morgan fingerprint density at radius 2 is 1.96 bits per heavy atom. The van der Waals surface area contributed by atoms with Gasteiger partial charge in [-0.1, -0.05) is 13.3 Å². The Kier molecular flexibility index (Phi) is 5.94. The summed E-state index contributed by atoms with van der Waals surface area (Å²) in [5.41, 5.74) is -3.73. The Bertz CT molecular complexity index is 949. The van der Waals surface area contributed by atoms with E-state index in [0.717, 1.165) is 12.3 Å². The summed E-state index contributed by atoms with van der Waals surface area (Å²) in [5, 5.41) is -0.230. The average molecular weight is 411 g/mol. The minimum Gasteiger partial charge on any atom is -0.377 e. The van der Waals surface area contributed by atoms with Gasteiger partial charge in [-0.15, -0.1) is 10.8 Å². The van der Waals surface area contributed by atoms with Crippen LogP contribution in [-0.4, -0.2) is 32.1 Å². The van der Waals surface area contributed by atoms with Crippen molar-refractivity contribution in [1.29, 1.82) is 0 Å². The molecule has 2 rings (SSSR count). The summed E-state index contributed by atoms with van der Waals surface area (Å²) in [4.78, 5) is 28.6. The first-order valence-corrected chi connectivity index (χ1v) is 9.78. The van der Waals surface area contributed by atoms with E-state index in [1.807, 2.05) is 4.83 Å². The molecule has 152 valence electrons. The molecule has 0 spiro atoms. The summed E-state index contributed by atoms with van der Waals surface area (Å²) in [6.45, 7) is 1.78. The molecule has 1 aromatic heterocycles. The molecule has 4 N–H and O–H groups in total. The Labute approximate surface area is 153 Å². The zero-order valence-corrected chi connectivity index (χ0v) is 15.6. The molecule has 27 heavy (non-hydrogen) atoms. The fourth-order valence-electron chi connectivity index (χ4n) is 2.71. The van der Waals surface area contributed by atoms with Gasteiger partial charge in [0.15, 0.2) is 0 Å². The Hall–Kier alpha value is -2.02. The molecular weight excluding hydrogens is 391 g/mol. The first-order valence-electron chi connectivity index (χ1n) is 7.83. The molecule has 0 aliphatic rings. The van der Waals surface area contributed by atoms with E-state index in [4.69, 9.17) is 4.74 Å². The maximum atomic E-state index is 13.5. The first-order chi connectivity index (χ1) is 12.4. The third-order valence-electron chi connectivity index (χ3n) is 3.82. The number of rotatable bonds is 6. The number of hydrogen-bond donors (Lipinski definition) is 4. The van der Waals surface area contributed by atoms with Crippen LogP contribution >= 0.6 is 10.8 Å². The smallest absolute Gasteiger partial charge is 0.377 e. The fraction of sp³-hybridized carbons (Fsp3) is 0.467. The highest BCUT2D eigenvalue weighted by Crippen LogP contribution is 2.38. The molecule has 1 aromatic carbocycles. The molecule has 2 aromatic rings. The van der Waals surface area contributed by atoms with Gasteiger partial charge in [-0.2, -0.15) is 17.8 Å². The number of nitrogens with zero attached hydrogens (tertiary/aromatic N) is 1. The van der Waals surface area contributed by atoms with Crippen molar-refractivity contribution in [2.75, 3.05) is 18.2 Å². The highest BCUT2D eigenvalue weighted by Gasteiger charge is 2.36. The molecule has 12 heteroatoms. The van der Waals surface area contributed by atoms with Gasteiger partial charge in [-0.25, -0.2) is 9.63 Å². The van der Waals surface area contributed by atoms with Crippen LogP contribution in [0, 0.1) is 0 Å². The van der Waals surface area contributed by atoms with Crippen LogP contribution < -0.4 is 16.1 Å². The van der Waals surface area contributed by atoms with Gasteiger partial charge < -0.3 is 9.72 Å². The van der Waals surface area contributed by atoms with E-state index in [9.17, 15) is 31.9 Å². The van der Waals surface area contributed by atoms with E-state index >= 15 is 0 Å². The van der Waals surface area contributed by atoms with E-state index < -0.39 is 39.9 Å². The molecule has 1 heterocycles. The van der Waals surface area contributed by atoms with Gasteiger partial charge in [0.25, 0.3) is 5.56 Å². The minimum atomic E-state index is -4.73. The van der Waals surface area contributed by atoms with Crippen molar-refractivity contribution in [2.45, 2.75) is 32.0 Å². The summed E-state index contributed by atoms with van der Waals surface area (Å²) in [6.07, 6.45) is -3.85. The number of alkyl halides is 3. The monoisotopic (exact) mass is 411 g/mol. The van der Waals surface area contributed by atoms with E-state index in [1.54, 1.807) is 6.92 Å². The first kappa shape index (κ1) is 21.3. The van der Waals surface area contributed by atoms with Crippen molar-refractivity contribution in [3.8, 4) is 0 Å². The zero-order valence-electron chi connectivity index (χ0n) is 14.8. The van der Waals surface area contributed by atoms with E-state index in [1.165, 1.54) is 7.11 Å². The molecule has 0 saturated carbocycles. The Balaban J connectivity index is 2.84. The predicted molar refractivity (Wildman–Crippen MR) is 96.6 cm³/mol. The molecule has 0 bridgehead atoms. The van der Waals surface area contributed by atoms with Crippen LogP contribution in [0.15, 0.2) is 21.7 Å². The molecule has 0 saturated heterocycles. The third kappa shape index (κ3) is 4.64. The maximum absolute atomic E-state index is 13.5.